The lowest BCUT2D eigenvalue weighted by molar-refractivity contribution is -0.139. The van der Waals surface area contributed by atoms with Crippen LogP contribution in [-0.2, 0) is 17.5 Å². The number of amides is 1. The summed E-state index contributed by atoms with van der Waals surface area (Å²) in [4.78, 5) is 24.5. The molecule has 0 aliphatic heterocycles. The van der Waals surface area contributed by atoms with Crippen LogP contribution in [0.15, 0.2) is 23.1 Å². The molecular formula is C20H25F3N2O2. The predicted molar refractivity (Wildman–Crippen MR) is 93.9 cm³/mol. The molecular weight excluding hydrogens is 357 g/mol. The Morgan fingerprint density at radius 2 is 1.78 bits per heavy atom. The van der Waals surface area contributed by atoms with Gasteiger partial charge in [0, 0.05) is 12.2 Å². The summed E-state index contributed by atoms with van der Waals surface area (Å²) in [5.74, 6) is 1.85. The van der Waals surface area contributed by atoms with E-state index >= 15 is 0 Å². The van der Waals surface area contributed by atoms with E-state index in [1.807, 2.05) is 6.92 Å². The molecule has 4 bridgehead atoms. The van der Waals surface area contributed by atoms with Gasteiger partial charge in [-0.25, -0.2) is 0 Å². The molecule has 0 saturated heterocycles. The summed E-state index contributed by atoms with van der Waals surface area (Å²) in [7, 11) is 0. The van der Waals surface area contributed by atoms with Gasteiger partial charge in [0.15, 0.2) is 0 Å². The maximum Gasteiger partial charge on any atom is 0.421 e. The van der Waals surface area contributed by atoms with E-state index in [4.69, 9.17) is 0 Å². The third kappa shape index (κ3) is 3.41. The lowest BCUT2D eigenvalue weighted by Gasteiger charge is -2.59. The minimum absolute atomic E-state index is 0.0279. The van der Waals surface area contributed by atoms with Gasteiger partial charge in [0.25, 0.3) is 5.56 Å². The topological polar surface area (TPSA) is 51.1 Å². The molecule has 5 rings (SSSR count). The number of alkyl halides is 3. The summed E-state index contributed by atoms with van der Waals surface area (Å²) < 4.78 is 39.5. The Balaban J connectivity index is 1.45. The molecule has 1 aromatic heterocycles. The maximum absolute atomic E-state index is 12.9. The van der Waals surface area contributed by atoms with Gasteiger partial charge in [-0.15, -0.1) is 0 Å². The molecule has 0 aromatic carbocycles. The standard InChI is InChI=1S/C20H25F3N2O2/c1-12(19-8-13-5-14(9-19)7-15(6-13)10-19)24-17(26)11-25-4-2-3-16(18(25)27)20(21,22)23/h2-4,12-15H,5-11H2,1H3,(H,24,26). The number of nitrogens with one attached hydrogen (secondary N) is 1. The molecule has 27 heavy (non-hydrogen) atoms. The Hall–Kier alpha value is -1.79. The summed E-state index contributed by atoms with van der Waals surface area (Å²) in [6, 6.07) is 1.87. The molecule has 1 amide bonds. The molecule has 7 heteroatoms. The van der Waals surface area contributed by atoms with Gasteiger partial charge in [0.05, 0.1) is 0 Å². The van der Waals surface area contributed by atoms with Crippen LogP contribution in [0.4, 0.5) is 13.2 Å². The van der Waals surface area contributed by atoms with Crippen molar-refractivity contribution in [2.75, 3.05) is 0 Å². The highest BCUT2D eigenvalue weighted by Gasteiger charge is 2.53. The Morgan fingerprint density at radius 3 is 2.30 bits per heavy atom. The third-order valence-corrected chi connectivity index (χ3v) is 7.02. The van der Waals surface area contributed by atoms with E-state index in [1.54, 1.807) is 0 Å². The highest BCUT2D eigenvalue weighted by molar-refractivity contribution is 5.76. The van der Waals surface area contributed by atoms with Crippen molar-refractivity contribution in [2.45, 2.75) is 64.2 Å². The van der Waals surface area contributed by atoms with Crippen molar-refractivity contribution >= 4 is 5.91 Å². The summed E-state index contributed by atoms with van der Waals surface area (Å²) in [5.41, 5.74) is -2.31. The van der Waals surface area contributed by atoms with E-state index in [-0.39, 0.29) is 18.0 Å². The second-order valence-corrected chi connectivity index (χ2v) is 8.92. The molecule has 1 aromatic rings. The Bertz CT molecular complexity index is 764. The van der Waals surface area contributed by atoms with Crippen LogP contribution >= 0.6 is 0 Å². The number of carbonyl (C=O) groups excluding carboxylic acids is 1. The predicted octanol–water partition coefficient (Wildman–Crippen LogP) is 3.59. The maximum atomic E-state index is 12.9. The SMILES string of the molecule is CC(NC(=O)Cn1cccc(C(F)(F)F)c1=O)C12CC3CC(CC(C3)C1)C2. The zero-order chi connectivity index (χ0) is 19.4. The van der Waals surface area contributed by atoms with Crippen LogP contribution in [-0.4, -0.2) is 16.5 Å². The number of carbonyl (C=O) groups is 1. The first-order chi connectivity index (χ1) is 12.7. The molecule has 1 atom stereocenters. The van der Waals surface area contributed by atoms with Crippen LogP contribution in [0, 0.1) is 23.2 Å². The van der Waals surface area contributed by atoms with Crippen molar-refractivity contribution < 1.29 is 18.0 Å². The van der Waals surface area contributed by atoms with E-state index < -0.39 is 23.2 Å². The first kappa shape index (κ1) is 18.6. The number of halogens is 3. The Morgan fingerprint density at radius 1 is 1.22 bits per heavy atom. The van der Waals surface area contributed by atoms with Crippen LogP contribution in [0.1, 0.15) is 51.0 Å². The minimum Gasteiger partial charge on any atom is -0.352 e. The number of hydrogen-bond acceptors (Lipinski definition) is 2. The first-order valence-corrected chi connectivity index (χ1v) is 9.72. The van der Waals surface area contributed by atoms with Crippen LogP contribution in [0.25, 0.3) is 0 Å². The molecule has 4 fully saturated rings. The number of aromatic nitrogens is 1. The van der Waals surface area contributed by atoms with Crippen LogP contribution in [0.3, 0.4) is 0 Å². The van der Waals surface area contributed by atoms with E-state index in [2.05, 4.69) is 5.32 Å². The number of hydrogen-bond donors (Lipinski definition) is 1. The van der Waals surface area contributed by atoms with Gasteiger partial charge in [0.1, 0.15) is 12.1 Å². The number of rotatable bonds is 4. The summed E-state index contributed by atoms with van der Waals surface area (Å²) in [5, 5.41) is 2.99. The molecule has 1 unspecified atom stereocenters. The van der Waals surface area contributed by atoms with Crippen molar-refractivity contribution in [2.24, 2.45) is 23.2 Å². The number of nitrogens with zero attached hydrogens (tertiary/aromatic N) is 1. The van der Waals surface area contributed by atoms with E-state index in [0.29, 0.717) is 0 Å². The molecule has 4 nitrogen and oxygen atoms in total. The average Bonchev–Trinajstić information content (AvgIpc) is 2.54. The average molecular weight is 382 g/mol. The Labute approximate surface area is 156 Å². The van der Waals surface area contributed by atoms with Crippen molar-refractivity contribution in [1.29, 1.82) is 0 Å². The van der Waals surface area contributed by atoms with Crippen molar-refractivity contribution in [1.82, 2.24) is 9.88 Å². The first-order valence-electron chi connectivity index (χ1n) is 9.72. The van der Waals surface area contributed by atoms with Gasteiger partial charge >= 0.3 is 6.18 Å². The fourth-order valence-corrected chi connectivity index (χ4v) is 6.18. The molecule has 4 aliphatic carbocycles. The second-order valence-electron chi connectivity index (χ2n) is 8.92. The smallest absolute Gasteiger partial charge is 0.352 e. The molecule has 0 radical (unpaired) electrons. The van der Waals surface area contributed by atoms with E-state index in [9.17, 15) is 22.8 Å². The highest BCUT2D eigenvalue weighted by atomic mass is 19.4. The molecule has 148 valence electrons. The third-order valence-electron chi connectivity index (χ3n) is 7.02. The zero-order valence-corrected chi connectivity index (χ0v) is 15.4. The largest absolute Gasteiger partial charge is 0.421 e. The number of pyridine rings is 1. The van der Waals surface area contributed by atoms with Gasteiger partial charge in [-0.3, -0.25) is 9.59 Å². The van der Waals surface area contributed by atoms with Gasteiger partial charge in [-0.2, -0.15) is 13.2 Å². The van der Waals surface area contributed by atoms with Gasteiger partial charge in [0.2, 0.25) is 5.91 Å². The molecule has 0 spiro atoms. The summed E-state index contributed by atoms with van der Waals surface area (Å²) in [6.45, 7) is 1.62. The molecule has 1 N–H and O–H groups in total. The Kier molecular flexibility index (Phi) is 4.39. The van der Waals surface area contributed by atoms with Crippen molar-refractivity contribution in [3.63, 3.8) is 0 Å². The fourth-order valence-electron chi connectivity index (χ4n) is 6.18. The van der Waals surface area contributed by atoms with Gasteiger partial charge < -0.3 is 9.88 Å². The highest BCUT2D eigenvalue weighted by Crippen LogP contribution is 2.61. The van der Waals surface area contributed by atoms with Crippen molar-refractivity contribution in [3.05, 3.63) is 34.2 Å². The molecule has 4 saturated carbocycles. The quantitative estimate of drug-likeness (QED) is 0.865. The fraction of sp³-hybridized carbons (Fsp3) is 0.700. The zero-order valence-electron chi connectivity index (χ0n) is 15.4. The monoisotopic (exact) mass is 382 g/mol. The van der Waals surface area contributed by atoms with Crippen LogP contribution in [0.5, 0.6) is 0 Å². The minimum atomic E-state index is -4.72. The van der Waals surface area contributed by atoms with Crippen LogP contribution < -0.4 is 10.9 Å². The summed E-state index contributed by atoms with van der Waals surface area (Å²) >= 11 is 0. The lowest BCUT2D eigenvalue weighted by Crippen LogP contribution is -2.56. The summed E-state index contributed by atoms with van der Waals surface area (Å²) in [6.07, 6.45) is 3.81. The van der Waals surface area contributed by atoms with Gasteiger partial charge in [-0.1, -0.05) is 0 Å². The molecule has 4 aliphatic rings. The normalized spacial score (nSPS) is 33.1. The second kappa shape index (κ2) is 6.38. The van der Waals surface area contributed by atoms with E-state index in [1.165, 1.54) is 25.5 Å². The lowest BCUT2D eigenvalue weighted by atomic mass is 9.48. The van der Waals surface area contributed by atoms with Crippen molar-refractivity contribution in [3.8, 4) is 0 Å². The van der Waals surface area contributed by atoms with Crippen LogP contribution in [0.2, 0.25) is 0 Å². The molecule has 1 heterocycles. The van der Waals surface area contributed by atoms with E-state index in [0.717, 1.165) is 53.7 Å². The van der Waals surface area contributed by atoms with Gasteiger partial charge in [-0.05, 0) is 80.8 Å².